The van der Waals surface area contributed by atoms with Crippen LogP contribution >= 0.6 is 0 Å². The van der Waals surface area contributed by atoms with Gasteiger partial charge in [0.1, 0.15) is 0 Å². The minimum Gasteiger partial charge on any atom is -0.390 e. The van der Waals surface area contributed by atoms with Gasteiger partial charge in [0.15, 0.2) is 0 Å². The predicted octanol–water partition coefficient (Wildman–Crippen LogP) is 13.5. The normalized spacial score (nSPS) is 14.6. The van der Waals surface area contributed by atoms with Crippen molar-refractivity contribution in [3.8, 4) is 0 Å². The van der Waals surface area contributed by atoms with E-state index < -0.39 is 0 Å². The first-order valence-corrected chi connectivity index (χ1v) is 18.5. The molecule has 0 aromatic rings. The van der Waals surface area contributed by atoms with Crippen molar-refractivity contribution in [2.24, 2.45) is 5.92 Å². The van der Waals surface area contributed by atoms with Crippen LogP contribution in [0.25, 0.3) is 0 Å². The van der Waals surface area contributed by atoms with Gasteiger partial charge in [-0.15, -0.1) is 0 Å². The highest BCUT2D eigenvalue weighted by atomic mass is 16.3. The van der Waals surface area contributed by atoms with Crippen molar-refractivity contribution in [3.63, 3.8) is 0 Å². The summed E-state index contributed by atoms with van der Waals surface area (Å²) < 4.78 is 0. The van der Waals surface area contributed by atoms with Crippen LogP contribution in [0.3, 0.4) is 0 Å². The maximum atomic E-state index is 11.4. The highest BCUT2D eigenvalue weighted by Crippen LogP contribution is 2.45. The molecule has 0 spiro atoms. The molecule has 0 amide bonds. The van der Waals surface area contributed by atoms with Gasteiger partial charge in [-0.05, 0) is 95.8 Å². The molecule has 0 aliphatic heterocycles. The van der Waals surface area contributed by atoms with Crippen molar-refractivity contribution < 1.29 is 5.11 Å². The zero-order valence-corrected chi connectivity index (χ0v) is 27.9. The number of rotatable bonds is 31. The zero-order chi connectivity index (χ0) is 29.5. The quantitative estimate of drug-likeness (QED) is 0.0651. The summed E-state index contributed by atoms with van der Waals surface area (Å²) in [6.07, 6.45) is 54.4. The second-order valence-electron chi connectivity index (χ2n) is 13.0. The molecule has 1 nitrogen and oxygen atoms in total. The highest BCUT2D eigenvalue weighted by Gasteiger charge is 2.42. The maximum Gasteiger partial charge on any atom is 0.0675 e. The van der Waals surface area contributed by atoms with Gasteiger partial charge < -0.3 is 5.11 Å². The summed E-state index contributed by atoms with van der Waals surface area (Å²) in [6, 6.07) is 0. The van der Waals surface area contributed by atoms with Crippen LogP contribution in [0, 0.1) is 5.92 Å². The van der Waals surface area contributed by atoms with Gasteiger partial charge in [0, 0.05) is 0 Å². The third-order valence-corrected chi connectivity index (χ3v) is 8.96. The first kappa shape index (κ1) is 37.9. The fourth-order valence-corrected chi connectivity index (χ4v) is 5.99. The van der Waals surface area contributed by atoms with Crippen LogP contribution in [0.5, 0.6) is 0 Å². The average molecular weight is 569 g/mol. The first-order chi connectivity index (χ1) is 20.2. The lowest BCUT2D eigenvalue weighted by Gasteiger charge is -2.28. The van der Waals surface area contributed by atoms with E-state index >= 15 is 0 Å². The fraction of sp³-hybridized carbons (Fsp3) is 0.800. The van der Waals surface area contributed by atoms with Crippen molar-refractivity contribution in [1.29, 1.82) is 0 Å². The Bertz CT molecular complexity index is 602. The number of unbranched alkanes of at least 4 members (excludes halogenated alkanes) is 18. The molecule has 1 fully saturated rings. The van der Waals surface area contributed by atoms with Crippen LogP contribution in [-0.2, 0) is 0 Å². The molecule has 1 heteroatoms. The van der Waals surface area contributed by atoms with Crippen LogP contribution in [0.2, 0.25) is 0 Å². The molecule has 0 saturated heterocycles. The van der Waals surface area contributed by atoms with E-state index in [0.717, 1.165) is 25.7 Å². The second-order valence-corrected chi connectivity index (χ2v) is 13.0. The third-order valence-electron chi connectivity index (χ3n) is 8.96. The van der Waals surface area contributed by atoms with E-state index in [2.05, 4.69) is 62.5 Å². The van der Waals surface area contributed by atoms with Crippen molar-refractivity contribution in [3.05, 3.63) is 48.6 Å². The minimum absolute atomic E-state index is 0.343. The molecule has 0 bridgehead atoms. The summed E-state index contributed by atoms with van der Waals surface area (Å²) >= 11 is 0. The van der Waals surface area contributed by atoms with Crippen LogP contribution in [-0.4, -0.2) is 10.7 Å². The van der Waals surface area contributed by atoms with Gasteiger partial charge in [-0.25, -0.2) is 0 Å². The highest BCUT2D eigenvalue weighted by molar-refractivity contribution is 4.95. The van der Waals surface area contributed by atoms with Crippen molar-refractivity contribution in [1.82, 2.24) is 0 Å². The van der Waals surface area contributed by atoms with Crippen LogP contribution in [0.1, 0.15) is 194 Å². The molecule has 1 N–H and O–H groups in total. The number of hydrogen-bond donors (Lipinski definition) is 1. The Hall–Kier alpha value is -1.08. The van der Waals surface area contributed by atoms with Gasteiger partial charge in [-0.2, -0.15) is 0 Å². The number of allylic oxidation sites excluding steroid dienone is 8. The van der Waals surface area contributed by atoms with Crippen LogP contribution < -0.4 is 0 Å². The Balaban J connectivity index is 1.93. The van der Waals surface area contributed by atoms with E-state index in [9.17, 15) is 5.11 Å². The van der Waals surface area contributed by atoms with E-state index in [1.54, 1.807) is 0 Å². The summed E-state index contributed by atoms with van der Waals surface area (Å²) in [4.78, 5) is 0. The van der Waals surface area contributed by atoms with Crippen molar-refractivity contribution in [2.45, 2.75) is 199 Å². The van der Waals surface area contributed by atoms with Crippen LogP contribution in [0.4, 0.5) is 0 Å². The Kier molecular flexibility index (Phi) is 26.9. The lowest BCUT2D eigenvalue weighted by atomic mass is 9.85. The van der Waals surface area contributed by atoms with Gasteiger partial charge in [-0.1, -0.05) is 152 Å². The molecular formula is C40H72O. The lowest BCUT2D eigenvalue weighted by molar-refractivity contribution is -0.00398. The monoisotopic (exact) mass is 569 g/mol. The molecule has 0 atom stereocenters. The Labute approximate surface area is 258 Å². The molecule has 0 heterocycles. The van der Waals surface area contributed by atoms with Crippen LogP contribution in [0.15, 0.2) is 48.6 Å². The van der Waals surface area contributed by atoms with E-state index in [1.807, 2.05) is 0 Å². The molecule has 41 heavy (non-hydrogen) atoms. The molecule has 238 valence electrons. The number of aliphatic hydroxyl groups is 1. The molecule has 0 unspecified atom stereocenters. The Morgan fingerprint density at radius 1 is 0.439 bits per heavy atom. The SMILES string of the molecule is CCCCC/C=C\C/C=C\CCCCCCCCC(O)(CCCCCCCC/C=C\C/C=C\CCCCC)C1CC1. The first-order valence-electron chi connectivity index (χ1n) is 18.5. The standard InChI is InChI=1S/C40H72O/c1-3-5-7-9-11-13-15-17-19-21-23-25-27-29-31-33-37-40(41,39-35-36-39)38-34-32-30-28-26-24-22-20-18-16-14-12-10-8-6-4-2/h11-14,17-20,39,41H,3-10,15-16,21-38H2,1-2H3/b13-11-,14-12-,19-17-,20-18-. The maximum absolute atomic E-state index is 11.4. The second kappa shape index (κ2) is 29.0. The van der Waals surface area contributed by atoms with Gasteiger partial charge >= 0.3 is 0 Å². The van der Waals surface area contributed by atoms with Gasteiger partial charge in [0.25, 0.3) is 0 Å². The summed E-state index contributed by atoms with van der Waals surface area (Å²) in [6.45, 7) is 4.53. The Morgan fingerprint density at radius 3 is 1.10 bits per heavy atom. The molecule has 1 aliphatic carbocycles. The van der Waals surface area contributed by atoms with Gasteiger partial charge in [0.05, 0.1) is 5.60 Å². The Morgan fingerprint density at radius 2 is 0.756 bits per heavy atom. The average Bonchev–Trinajstić information content (AvgIpc) is 3.83. The molecular weight excluding hydrogens is 496 g/mol. The van der Waals surface area contributed by atoms with Crippen molar-refractivity contribution in [2.75, 3.05) is 0 Å². The summed E-state index contributed by atoms with van der Waals surface area (Å²) in [5, 5.41) is 11.4. The molecule has 0 radical (unpaired) electrons. The third kappa shape index (κ3) is 25.2. The molecule has 0 aromatic carbocycles. The van der Waals surface area contributed by atoms with E-state index in [4.69, 9.17) is 0 Å². The fourth-order valence-electron chi connectivity index (χ4n) is 5.99. The summed E-state index contributed by atoms with van der Waals surface area (Å²) in [5.74, 6) is 0.610. The minimum atomic E-state index is -0.343. The topological polar surface area (TPSA) is 20.2 Å². The lowest BCUT2D eigenvalue weighted by Crippen LogP contribution is -2.31. The van der Waals surface area contributed by atoms with E-state index in [1.165, 1.54) is 154 Å². The smallest absolute Gasteiger partial charge is 0.0675 e. The predicted molar refractivity (Wildman–Crippen MR) is 186 cm³/mol. The number of hydrogen-bond acceptors (Lipinski definition) is 1. The molecule has 1 rings (SSSR count). The molecule has 0 aromatic heterocycles. The van der Waals surface area contributed by atoms with Gasteiger partial charge in [0.2, 0.25) is 0 Å². The molecule has 1 saturated carbocycles. The van der Waals surface area contributed by atoms with E-state index in [0.29, 0.717) is 5.92 Å². The van der Waals surface area contributed by atoms with Gasteiger partial charge in [-0.3, -0.25) is 0 Å². The van der Waals surface area contributed by atoms with Crippen molar-refractivity contribution >= 4 is 0 Å². The molecule has 1 aliphatic rings. The summed E-state index contributed by atoms with van der Waals surface area (Å²) in [7, 11) is 0. The van der Waals surface area contributed by atoms with E-state index in [-0.39, 0.29) is 5.60 Å². The zero-order valence-electron chi connectivity index (χ0n) is 27.9. The summed E-state index contributed by atoms with van der Waals surface area (Å²) in [5.41, 5.74) is -0.343. The largest absolute Gasteiger partial charge is 0.390 e.